The van der Waals surface area contributed by atoms with E-state index in [1.165, 1.54) is 0 Å². The van der Waals surface area contributed by atoms with Gasteiger partial charge in [-0.25, -0.2) is 0 Å². The Kier molecular flexibility index (Phi) is 2.31. The highest BCUT2D eigenvalue weighted by Gasteiger charge is 2.41. The second kappa shape index (κ2) is 3.50. The predicted molar refractivity (Wildman–Crippen MR) is 52.0 cm³/mol. The van der Waals surface area contributed by atoms with Crippen LogP contribution in [0.5, 0.6) is 0 Å². The van der Waals surface area contributed by atoms with Crippen LogP contribution >= 0.6 is 0 Å². The zero-order valence-electron chi connectivity index (χ0n) is 8.23. The van der Waals surface area contributed by atoms with Gasteiger partial charge in [0.15, 0.2) is 0 Å². The fourth-order valence-corrected chi connectivity index (χ4v) is 2.16. The van der Waals surface area contributed by atoms with Crippen LogP contribution in [0.25, 0.3) is 0 Å². The maximum atomic E-state index is 11.2. The second-order valence-corrected chi connectivity index (χ2v) is 3.95. The van der Waals surface area contributed by atoms with Gasteiger partial charge >= 0.3 is 0 Å². The van der Waals surface area contributed by atoms with Crippen molar-refractivity contribution < 1.29 is 14.7 Å². The van der Waals surface area contributed by atoms with Crippen molar-refractivity contribution in [2.24, 2.45) is 0 Å². The molecule has 1 aromatic rings. The van der Waals surface area contributed by atoms with Gasteiger partial charge in [-0.05, 0) is 12.0 Å². The molecule has 0 saturated heterocycles. The minimum Gasteiger partial charge on any atom is -0.549 e. The smallest absolute Gasteiger partial charge is 0.134 e. The molecule has 0 aromatic heterocycles. The van der Waals surface area contributed by atoms with Gasteiger partial charge in [-0.1, -0.05) is 30.3 Å². The Bertz CT molecular complexity index is 397. The van der Waals surface area contributed by atoms with Crippen molar-refractivity contribution in [1.29, 1.82) is 0 Å². The Morgan fingerprint density at radius 2 is 1.93 bits per heavy atom. The average molecular weight is 203 g/mol. The number of aliphatic carboxylic acids is 1. The molecule has 0 amide bonds. The first kappa shape index (κ1) is 9.90. The van der Waals surface area contributed by atoms with Crippen molar-refractivity contribution in [1.82, 2.24) is 0 Å². The summed E-state index contributed by atoms with van der Waals surface area (Å²) in [7, 11) is 0. The van der Waals surface area contributed by atoms with Gasteiger partial charge in [-0.15, -0.1) is 0 Å². The van der Waals surface area contributed by atoms with E-state index in [1.54, 1.807) is 24.3 Å². The summed E-state index contributed by atoms with van der Waals surface area (Å²) >= 11 is 0. The lowest BCUT2D eigenvalue weighted by Gasteiger charge is -2.29. The first-order chi connectivity index (χ1) is 7.15. The molecule has 0 radical (unpaired) electrons. The molecular formula is C12H11O3-. The largest absolute Gasteiger partial charge is 0.549 e. The summed E-state index contributed by atoms with van der Waals surface area (Å²) in [5.41, 5.74) is -0.408. The van der Waals surface area contributed by atoms with Crippen LogP contribution in [0, 0.1) is 0 Å². The van der Waals surface area contributed by atoms with Crippen molar-refractivity contribution in [2.45, 2.75) is 24.7 Å². The highest BCUT2D eigenvalue weighted by Crippen LogP contribution is 2.38. The van der Waals surface area contributed by atoms with Crippen LogP contribution in [0.2, 0.25) is 0 Å². The normalized spacial score (nSPS) is 25.5. The van der Waals surface area contributed by atoms with Crippen molar-refractivity contribution >= 4 is 11.8 Å². The summed E-state index contributed by atoms with van der Waals surface area (Å²) in [6, 6.07) is 8.87. The summed E-state index contributed by atoms with van der Waals surface area (Å²) in [5.74, 6) is -1.14. The molecule has 0 bridgehead atoms. The van der Waals surface area contributed by atoms with Gasteiger partial charge in [0.1, 0.15) is 5.78 Å². The lowest BCUT2D eigenvalue weighted by molar-refractivity contribution is -0.313. The summed E-state index contributed by atoms with van der Waals surface area (Å²) in [5, 5.41) is 11.2. The molecule has 0 aliphatic heterocycles. The van der Waals surface area contributed by atoms with Crippen LogP contribution < -0.4 is 5.11 Å². The van der Waals surface area contributed by atoms with Crippen LogP contribution in [-0.4, -0.2) is 11.8 Å². The molecular weight excluding hydrogens is 192 g/mol. The van der Waals surface area contributed by atoms with Gasteiger partial charge in [-0.2, -0.15) is 0 Å². The van der Waals surface area contributed by atoms with Crippen LogP contribution in [0.3, 0.4) is 0 Å². The number of benzene rings is 1. The van der Waals surface area contributed by atoms with Crippen LogP contribution in [0.15, 0.2) is 30.3 Å². The Hall–Kier alpha value is -1.64. The Labute approximate surface area is 87.7 Å². The molecule has 1 saturated carbocycles. The fraction of sp³-hybridized carbons (Fsp3) is 0.333. The molecule has 0 heterocycles. The van der Waals surface area contributed by atoms with Crippen LogP contribution in [0.1, 0.15) is 24.8 Å². The SMILES string of the molecule is O=C1CC[C@@](C(=O)[O-])(c2ccccc2)C1. The summed E-state index contributed by atoms with van der Waals surface area (Å²) < 4.78 is 0. The van der Waals surface area contributed by atoms with E-state index < -0.39 is 11.4 Å². The minimum atomic E-state index is -1.14. The minimum absolute atomic E-state index is 0.00283. The third-order valence-electron chi connectivity index (χ3n) is 3.05. The third kappa shape index (κ3) is 1.54. The van der Waals surface area contributed by atoms with Crippen LogP contribution in [0.4, 0.5) is 0 Å². The van der Waals surface area contributed by atoms with E-state index in [4.69, 9.17) is 0 Å². The number of carboxylic acid groups (broad SMARTS) is 1. The van der Waals surface area contributed by atoms with E-state index in [0.29, 0.717) is 18.4 Å². The maximum absolute atomic E-state index is 11.2. The number of carboxylic acids is 1. The Morgan fingerprint density at radius 3 is 2.40 bits per heavy atom. The molecule has 0 N–H and O–H groups in total. The Balaban J connectivity index is 2.45. The van der Waals surface area contributed by atoms with Crippen molar-refractivity contribution in [3.8, 4) is 0 Å². The monoisotopic (exact) mass is 203 g/mol. The zero-order chi connectivity index (χ0) is 10.9. The molecule has 3 heteroatoms. The molecule has 0 spiro atoms. The van der Waals surface area contributed by atoms with Gasteiger partial charge in [0.05, 0.1) is 5.97 Å². The molecule has 1 aliphatic carbocycles. The van der Waals surface area contributed by atoms with Crippen LogP contribution in [-0.2, 0) is 15.0 Å². The van der Waals surface area contributed by atoms with E-state index in [-0.39, 0.29) is 12.2 Å². The van der Waals surface area contributed by atoms with Crippen molar-refractivity contribution in [3.63, 3.8) is 0 Å². The van der Waals surface area contributed by atoms with Gasteiger partial charge in [0, 0.05) is 18.3 Å². The summed E-state index contributed by atoms with van der Waals surface area (Å²) in [6.45, 7) is 0. The number of Topliss-reactive ketones (excluding diaryl/α,β-unsaturated/α-hetero) is 1. The van der Waals surface area contributed by atoms with Gasteiger partial charge in [-0.3, -0.25) is 4.79 Å². The average Bonchev–Trinajstić information content (AvgIpc) is 2.63. The number of hydrogen-bond acceptors (Lipinski definition) is 3. The van der Waals surface area contributed by atoms with E-state index in [1.807, 2.05) is 6.07 Å². The highest BCUT2D eigenvalue weighted by molar-refractivity contribution is 5.93. The Morgan fingerprint density at radius 1 is 1.27 bits per heavy atom. The van der Waals surface area contributed by atoms with Gasteiger partial charge in [0.25, 0.3) is 0 Å². The first-order valence-corrected chi connectivity index (χ1v) is 4.94. The molecule has 1 fully saturated rings. The molecule has 1 atom stereocenters. The number of ketones is 1. The number of carbonyl (C=O) groups excluding carboxylic acids is 2. The lowest BCUT2D eigenvalue weighted by Crippen LogP contribution is -2.44. The van der Waals surface area contributed by atoms with E-state index in [2.05, 4.69) is 0 Å². The summed E-state index contributed by atoms with van der Waals surface area (Å²) in [4.78, 5) is 22.5. The van der Waals surface area contributed by atoms with Crippen molar-refractivity contribution in [2.75, 3.05) is 0 Å². The van der Waals surface area contributed by atoms with Crippen molar-refractivity contribution in [3.05, 3.63) is 35.9 Å². The number of rotatable bonds is 2. The lowest BCUT2D eigenvalue weighted by atomic mass is 9.79. The molecule has 1 aliphatic rings. The topological polar surface area (TPSA) is 57.2 Å². The molecule has 3 nitrogen and oxygen atoms in total. The molecule has 0 unspecified atom stereocenters. The van der Waals surface area contributed by atoms with E-state index in [9.17, 15) is 14.7 Å². The molecule has 1 aromatic carbocycles. The van der Waals surface area contributed by atoms with E-state index in [0.717, 1.165) is 0 Å². The maximum Gasteiger partial charge on any atom is 0.134 e. The molecule has 2 rings (SSSR count). The molecule has 78 valence electrons. The second-order valence-electron chi connectivity index (χ2n) is 3.95. The zero-order valence-corrected chi connectivity index (χ0v) is 8.23. The van der Waals surface area contributed by atoms with E-state index >= 15 is 0 Å². The quantitative estimate of drug-likeness (QED) is 0.700. The van der Waals surface area contributed by atoms with Gasteiger partial charge < -0.3 is 9.90 Å². The predicted octanol–water partition coefficient (Wildman–Crippen LogP) is 0.427. The highest BCUT2D eigenvalue weighted by atomic mass is 16.4. The standard InChI is InChI=1S/C12H12O3/c13-10-6-7-12(8-10,11(14)15)9-4-2-1-3-5-9/h1-5H,6-8H2,(H,14,15)/p-1/t12-/m0/s1. The van der Waals surface area contributed by atoms with Gasteiger partial charge in [0.2, 0.25) is 0 Å². The fourth-order valence-electron chi connectivity index (χ4n) is 2.16. The molecule has 15 heavy (non-hydrogen) atoms. The number of carbonyl (C=O) groups is 2. The first-order valence-electron chi connectivity index (χ1n) is 4.94. The summed E-state index contributed by atoms with van der Waals surface area (Å²) in [6.07, 6.45) is 0.764. The number of hydrogen-bond donors (Lipinski definition) is 0. The third-order valence-corrected chi connectivity index (χ3v) is 3.05.